The molecule has 4 heteroatoms. The van der Waals surface area contributed by atoms with Gasteiger partial charge in [-0.1, -0.05) is 28.1 Å². The topological polar surface area (TPSA) is 33.1 Å². The molecular formula is C14H14BrNOS. The van der Waals surface area contributed by atoms with Crippen molar-refractivity contribution in [3.05, 3.63) is 49.9 Å². The molecule has 1 atom stereocenters. The van der Waals surface area contributed by atoms with E-state index in [1.165, 1.54) is 10.4 Å². The molecule has 18 heavy (non-hydrogen) atoms. The largest absolute Gasteiger partial charge is 0.387 e. The Morgan fingerprint density at radius 3 is 2.83 bits per heavy atom. The first kappa shape index (κ1) is 12.3. The fourth-order valence-corrected chi connectivity index (χ4v) is 3.76. The Kier molecular flexibility index (Phi) is 3.50. The molecule has 1 aliphatic rings. The third kappa shape index (κ3) is 2.51. The molecule has 0 saturated heterocycles. The molecule has 0 bridgehead atoms. The predicted molar refractivity (Wildman–Crippen MR) is 77.0 cm³/mol. The minimum atomic E-state index is -0.344. The van der Waals surface area contributed by atoms with Crippen LogP contribution in [0.4, 0.5) is 0 Å². The summed E-state index contributed by atoms with van der Waals surface area (Å²) in [7, 11) is 0. The summed E-state index contributed by atoms with van der Waals surface area (Å²) in [6.07, 6.45) is 3.52. The number of hydrogen-bond donors (Lipinski definition) is 1. The second kappa shape index (κ2) is 5.11. The van der Waals surface area contributed by atoms with Crippen LogP contribution in [0.5, 0.6) is 0 Å². The number of thiazole rings is 1. The van der Waals surface area contributed by atoms with Crippen molar-refractivity contribution in [1.82, 2.24) is 4.98 Å². The number of rotatable bonds is 2. The van der Waals surface area contributed by atoms with Crippen molar-refractivity contribution in [3.63, 3.8) is 0 Å². The van der Waals surface area contributed by atoms with Gasteiger partial charge in [-0.05, 0) is 37.0 Å². The van der Waals surface area contributed by atoms with E-state index in [-0.39, 0.29) is 6.10 Å². The Balaban J connectivity index is 1.83. The van der Waals surface area contributed by atoms with E-state index in [1.807, 2.05) is 0 Å². The number of fused-ring (bicyclic) bond motifs is 1. The van der Waals surface area contributed by atoms with Gasteiger partial charge in [-0.3, -0.25) is 0 Å². The highest BCUT2D eigenvalue weighted by Crippen LogP contribution is 2.33. The van der Waals surface area contributed by atoms with E-state index in [0.717, 1.165) is 40.9 Å². The average Bonchev–Trinajstić information content (AvgIpc) is 2.76. The molecule has 0 radical (unpaired) electrons. The minimum Gasteiger partial charge on any atom is -0.387 e. The van der Waals surface area contributed by atoms with E-state index >= 15 is 0 Å². The molecule has 0 amide bonds. The predicted octanol–water partition coefficient (Wildman–Crippen LogP) is 3.87. The summed E-state index contributed by atoms with van der Waals surface area (Å²) >= 11 is 5.19. The first-order chi connectivity index (χ1) is 8.72. The quantitative estimate of drug-likeness (QED) is 0.910. The van der Waals surface area contributed by atoms with Crippen LogP contribution in [0.2, 0.25) is 0 Å². The molecule has 2 aromatic rings. The molecule has 3 rings (SSSR count). The summed E-state index contributed by atoms with van der Waals surface area (Å²) in [4.78, 5) is 5.88. The summed E-state index contributed by atoms with van der Waals surface area (Å²) in [6.45, 7) is 0. The maximum absolute atomic E-state index is 9.92. The lowest BCUT2D eigenvalue weighted by Crippen LogP contribution is -2.07. The molecule has 1 aliphatic carbocycles. The highest BCUT2D eigenvalue weighted by atomic mass is 79.9. The van der Waals surface area contributed by atoms with Gasteiger partial charge in [-0.15, -0.1) is 11.3 Å². The van der Waals surface area contributed by atoms with Gasteiger partial charge in [-0.25, -0.2) is 4.98 Å². The number of nitrogens with zero attached hydrogens (tertiary/aromatic N) is 1. The van der Waals surface area contributed by atoms with Gasteiger partial charge in [-0.2, -0.15) is 0 Å². The van der Waals surface area contributed by atoms with E-state index in [2.05, 4.69) is 45.2 Å². The molecular weight excluding hydrogens is 310 g/mol. The number of hydrogen-bond acceptors (Lipinski definition) is 3. The van der Waals surface area contributed by atoms with E-state index < -0.39 is 0 Å². The second-order valence-electron chi connectivity index (χ2n) is 4.63. The Morgan fingerprint density at radius 1 is 1.33 bits per heavy atom. The van der Waals surface area contributed by atoms with Gasteiger partial charge in [0.1, 0.15) is 0 Å². The van der Waals surface area contributed by atoms with Crippen LogP contribution in [0.1, 0.15) is 40.1 Å². The monoisotopic (exact) mass is 323 g/mol. The minimum absolute atomic E-state index is 0.344. The summed E-state index contributed by atoms with van der Waals surface area (Å²) in [5, 5.41) is 11.0. The van der Waals surface area contributed by atoms with Crippen molar-refractivity contribution in [2.45, 2.75) is 31.8 Å². The van der Waals surface area contributed by atoms with Crippen LogP contribution in [-0.4, -0.2) is 10.1 Å². The van der Waals surface area contributed by atoms with Gasteiger partial charge in [0.15, 0.2) is 0 Å². The fraction of sp³-hybridized carbons (Fsp3) is 0.357. The van der Waals surface area contributed by atoms with E-state index in [4.69, 9.17) is 0 Å². The number of halogens is 1. The van der Waals surface area contributed by atoms with Crippen LogP contribution in [0.25, 0.3) is 0 Å². The Labute approximate surface area is 119 Å². The smallest absolute Gasteiger partial charge is 0.0976 e. The van der Waals surface area contributed by atoms with Gasteiger partial charge in [0.05, 0.1) is 16.8 Å². The number of benzene rings is 1. The Hall–Kier alpha value is -0.710. The molecule has 0 fully saturated rings. The summed E-state index contributed by atoms with van der Waals surface area (Å²) < 4.78 is 1.10. The summed E-state index contributed by atoms with van der Waals surface area (Å²) in [5.41, 5.74) is 2.19. The van der Waals surface area contributed by atoms with Gasteiger partial charge < -0.3 is 5.11 Å². The van der Waals surface area contributed by atoms with E-state index in [1.54, 1.807) is 11.3 Å². The Bertz CT molecular complexity index is 549. The van der Waals surface area contributed by atoms with Crippen LogP contribution in [0.15, 0.2) is 28.7 Å². The zero-order chi connectivity index (χ0) is 12.5. The van der Waals surface area contributed by atoms with Crippen LogP contribution in [0, 0.1) is 0 Å². The van der Waals surface area contributed by atoms with Crippen molar-refractivity contribution >= 4 is 27.3 Å². The lowest BCUT2D eigenvalue weighted by atomic mass is 10.0. The maximum atomic E-state index is 9.92. The number of aliphatic hydroxyl groups excluding tert-OH is 1. The molecule has 0 spiro atoms. The molecule has 0 saturated carbocycles. The first-order valence-corrected chi connectivity index (χ1v) is 7.74. The molecule has 0 aliphatic heterocycles. The van der Waals surface area contributed by atoms with Crippen LogP contribution < -0.4 is 0 Å². The third-order valence-electron chi connectivity index (χ3n) is 3.24. The average molecular weight is 324 g/mol. The number of aryl methyl sites for hydroxylation is 1. The molecule has 1 aromatic carbocycles. The van der Waals surface area contributed by atoms with Crippen molar-refractivity contribution in [2.75, 3.05) is 0 Å². The van der Waals surface area contributed by atoms with Gasteiger partial charge in [0.25, 0.3) is 0 Å². The van der Waals surface area contributed by atoms with Gasteiger partial charge in [0, 0.05) is 15.8 Å². The fourth-order valence-electron chi connectivity index (χ4n) is 2.30. The molecule has 1 heterocycles. The summed E-state index contributed by atoms with van der Waals surface area (Å²) in [6, 6.07) is 8.33. The lowest BCUT2D eigenvalue weighted by Gasteiger charge is -2.14. The molecule has 1 aromatic heterocycles. The SMILES string of the molecule is OC1CCCc2sc(Cc3ccc(Br)cc3)nc21. The van der Waals surface area contributed by atoms with Crippen LogP contribution in [0.3, 0.4) is 0 Å². The van der Waals surface area contributed by atoms with Gasteiger partial charge >= 0.3 is 0 Å². The van der Waals surface area contributed by atoms with Crippen LogP contribution >= 0.6 is 27.3 Å². The van der Waals surface area contributed by atoms with E-state index in [0.29, 0.717) is 0 Å². The van der Waals surface area contributed by atoms with Crippen molar-refractivity contribution < 1.29 is 5.11 Å². The van der Waals surface area contributed by atoms with E-state index in [9.17, 15) is 5.11 Å². The summed E-state index contributed by atoms with van der Waals surface area (Å²) in [5.74, 6) is 0. The number of aliphatic hydroxyl groups is 1. The highest BCUT2D eigenvalue weighted by Gasteiger charge is 2.22. The zero-order valence-corrected chi connectivity index (χ0v) is 12.3. The molecule has 1 N–H and O–H groups in total. The van der Waals surface area contributed by atoms with Gasteiger partial charge in [0.2, 0.25) is 0 Å². The third-order valence-corrected chi connectivity index (χ3v) is 4.90. The highest BCUT2D eigenvalue weighted by molar-refractivity contribution is 9.10. The molecule has 94 valence electrons. The van der Waals surface area contributed by atoms with Crippen molar-refractivity contribution in [1.29, 1.82) is 0 Å². The first-order valence-electron chi connectivity index (χ1n) is 6.13. The lowest BCUT2D eigenvalue weighted by molar-refractivity contribution is 0.153. The second-order valence-corrected chi connectivity index (χ2v) is 6.71. The van der Waals surface area contributed by atoms with Crippen LogP contribution in [-0.2, 0) is 12.8 Å². The molecule has 1 unspecified atom stereocenters. The zero-order valence-electron chi connectivity index (χ0n) is 9.90. The Morgan fingerprint density at radius 2 is 2.11 bits per heavy atom. The standard InChI is InChI=1S/C14H14BrNOS/c15-10-6-4-9(5-7-10)8-13-16-14-11(17)2-1-3-12(14)18-13/h4-7,11,17H,1-3,8H2. The maximum Gasteiger partial charge on any atom is 0.0976 e. The molecule has 2 nitrogen and oxygen atoms in total. The van der Waals surface area contributed by atoms with Crippen molar-refractivity contribution in [2.24, 2.45) is 0 Å². The normalized spacial score (nSPS) is 18.7. The number of aromatic nitrogens is 1. The van der Waals surface area contributed by atoms with Crippen molar-refractivity contribution in [3.8, 4) is 0 Å².